The number of nitrogens with zero attached hydrogens (tertiary/aromatic N) is 4. The third-order valence-corrected chi connectivity index (χ3v) is 8.95. The second kappa shape index (κ2) is 7.83. The average molecular weight is 468 g/mol. The average Bonchev–Trinajstić information content (AvgIpc) is 3.41. The zero-order valence-electron chi connectivity index (χ0n) is 16.2. The Morgan fingerprint density at radius 3 is 1.14 bits per heavy atom. The molecule has 1 aromatic rings. The minimum atomic E-state index is -10.7. The van der Waals surface area contributed by atoms with Crippen molar-refractivity contribution in [3.8, 4) is 0 Å². The summed E-state index contributed by atoms with van der Waals surface area (Å²) in [6, 6.07) is 4.12. The van der Waals surface area contributed by atoms with Gasteiger partial charge in [-0.3, -0.25) is 0 Å². The van der Waals surface area contributed by atoms with Gasteiger partial charge in [-0.25, -0.2) is 4.62 Å². The quantitative estimate of drug-likeness (QED) is 0.376. The maximum absolute atomic E-state index is 10.7. The van der Waals surface area contributed by atoms with E-state index in [0.717, 1.165) is 0 Å². The molecule has 5 nitrogen and oxygen atoms in total. The van der Waals surface area contributed by atoms with Crippen LogP contribution >= 0.6 is 15.8 Å². The Balaban J connectivity index is 0.000000298. The first kappa shape index (κ1) is 23.1. The Morgan fingerprint density at radius 1 is 0.586 bits per heavy atom. The third kappa shape index (κ3) is 6.96. The second-order valence-electron chi connectivity index (χ2n) is 7.58. The molecule has 0 radical (unpaired) electrons. The fraction of sp³-hybridized carbons (Fsp3) is 0.750. The van der Waals surface area contributed by atoms with Crippen molar-refractivity contribution in [3.05, 3.63) is 24.5 Å². The van der Waals surface area contributed by atoms with Crippen LogP contribution in [0.2, 0.25) is 0 Å². The number of hydrogen-bond acceptors (Lipinski definition) is 4. The molecule has 4 rings (SSSR count). The van der Waals surface area contributed by atoms with Crippen molar-refractivity contribution < 1.29 is 29.8 Å². The molecule has 0 saturated carbocycles. The van der Waals surface area contributed by atoms with Gasteiger partial charge in [-0.05, 0) is 50.7 Å². The molecule has 0 aromatic carbocycles. The maximum atomic E-state index is 9.87. The van der Waals surface area contributed by atoms with E-state index in [0.29, 0.717) is 0 Å². The van der Waals surface area contributed by atoms with Gasteiger partial charge in [0, 0.05) is 51.7 Å². The van der Waals surface area contributed by atoms with Gasteiger partial charge in [0.05, 0.1) is 0 Å². The number of hydrogen-bond donors (Lipinski definition) is 0. The Morgan fingerprint density at radius 2 is 0.862 bits per heavy atom. The van der Waals surface area contributed by atoms with Crippen LogP contribution in [-0.4, -0.2) is 58.0 Å². The molecule has 3 aliphatic rings. The van der Waals surface area contributed by atoms with Crippen LogP contribution in [-0.2, 0) is 0 Å². The number of aromatic nitrogens is 1. The summed E-state index contributed by atoms with van der Waals surface area (Å²) in [4.78, 5) is 0. The normalized spacial score (nSPS) is 24.8. The summed E-state index contributed by atoms with van der Waals surface area (Å²) < 4.78 is 76.0. The summed E-state index contributed by atoms with van der Waals surface area (Å²) in [5.74, 6) is 0. The van der Waals surface area contributed by atoms with Gasteiger partial charge in [0.25, 0.3) is 0 Å². The third-order valence-electron chi connectivity index (χ3n) is 5.13. The largest absolute Gasteiger partial charge is 0.448 e. The van der Waals surface area contributed by atoms with Gasteiger partial charge in [-0.1, -0.05) is 0 Å². The summed E-state index contributed by atoms with van der Waals surface area (Å²) in [5.41, 5.74) is 0. The van der Waals surface area contributed by atoms with E-state index in [1.807, 2.05) is 4.73 Å². The monoisotopic (exact) mass is 468 g/mol. The summed E-state index contributed by atoms with van der Waals surface area (Å²) in [6.45, 7) is 7.18. The Bertz CT molecular complexity index is 602. The first-order valence-electron chi connectivity index (χ1n) is 9.89. The standard InChI is InChI=1S/C16H28N4OP.F6P/c1-2-10-17(9-1)21-22(18-11-3-4-12-18,19-13-5-6-14-19)20-15-7-8-16-20;1-7(2,3,4,5)6/h1-2,9-10H,3-8,11-16H2;/q+1;-1. The zero-order valence-corrected chi connectivity index (χ0v) is 17.9. The topological polar surface area (TPSA) is 23.9 Å². The molecule has 13 heteroatoms. The van der Waals surface area contributed by atoms with Gasteiger partial charge in [0.15, 0.2) is 0 Å². The molecule has 170 valence electrons. The van der Waals surface area contributed by atoms with E-state index in [-0.39, 0.29) is 0 Å². The minimum Gasteiger partial charge on any atom is -0.203 e. The first-order chi connectivity index (χ1) is 13.3. The SMILES string of the molecule is F[P-](F)(F)(F)(F)F.c1ccn(O[P+](N2CCCC2)(N2CCCC2)N2CCCC2)c1. The number of halogens is 6. The van der Waals surface area contributed by atoms with Crippen molar-refractivity contribution in [1.82, 2.24) is 18.7 Å². The van der Waals surface area contributed by atoms with E-state index in [2.05, 4.69) is 38.5 Å². The van der Waals surface area contributed by atoms with E-state index >= 15 is 0 Å². The maximum Gasteiger partial charge on any atom is 0.448 e. The van der Waals surface area contributed by atoms with E-state index < -0.39 is 15.8 Å². The molecule has 0 unspecified atom stereocenters. The molecule has 1 aromatic heterocycles. The summed E-state index contributed by atoms with van der Waals surface area (Å²) in [7, 11) is -12.5. The van der Waals surface area contributed by atoms with Crippen LogP contribution in [0.25, 0.3) is 0 Å². The molecule has 0 atom stereocenters. The molecule has 3 fully saturated rings. The molecule has 3 aliphatic heterocycles. The molecule has 0 aliphatic carbocycles. The van der Waals surface area contributed by atoms with Crippen molar-refractivity contribution in [2.45, 2.75) is 38.5 Å². The van der Waals surface area contributed by atoms with Crippen LogP contribution in [0.3, 0.4) is 0 Å². The van der Waals surface area contributed by atoms with E-state index in [1.165, 1.54) is 77.8 Å². The van der Waals surface area contributed by atoms with Crippen LogP contribution in [0.4, 0.5) is 25.2 Å². The Labute approximate surface area is 167 Å². The Kier molecular flexibility index (Phi) is 6.23. The van der Waals surface area contributed by atoms with Crippen LogP contribution in [0, 0.1) is 0 Å². The van der Waals surface area contributed by atoms with Crippen molar-refractivity contribution in [2.24, 2.45) is 0 Å². The van der Waals surface area contributed by atoms with Crippen molar-refractivity contribution in [3.63, 3.8) is 0 Å². The predicted molar refractivity (Wildman–Crippen MR) is 104 cm³/mol. The van der Waals surface area contributed by atoms with Crippen LogP contribution in [0.5, 0.6) is 0 Å². The van der Waals surface area contributed by atoms with E-state index in [1.54, 1.807) is 0 Å². The van der Waals surface area contributed by atoms with Gasteiger partial charge in [-0.15, -0.1) is 18.7 Å². The molecule has 0 N–H and O–H groups in total. The molecule has 29 heavy (non-hydrogen) atoms. The van der Waals surface area contributed by atoms with Crippen LogP contribution < -0.4 is 4.62 Å². The van der Waals surface area contributed by atoms with E-state index in [4.69, 9.17) is 4.62 Å². The van der Waals surface area contributed by atoms with Gasteiger partial charge >= 0.3 is 40.9 Å². The van der Waals surface area contributed by atoms with Crippen molar-refractivity contribution in [1.29, 1.82) is 0 Å². The predicted octanol–water partition coefficient (Wildman–Crippen LogP) is 6.26. The molecule has 0 amide bonds. The summed E-state index contributed by atoms with van der Waals surface area (Å²) >= 11 is 0. The van der Waals surface area contributed by atoms with E-state index in [9.17, 15) is 25.2 Å². The van der Waals surface area contributed by atoms with Gasteiger partial charge in [0.2, 0.25) is 0 Å². The summed E-state index contributed by atoms with van der Waals surface area (Å²) in [5, 5.41) is 0. The van der Waals surface area contributed by atoms with Gasteiger partial charge < -0.3 is 0 Å². The van der Waals surface area contributed by atoms with Crippen LogP contribution in [0.15, 0.2) is 24.5 Å². The molecule has 0 bridgehead atoms. The molecule has 3 saturated heterocycles. The molecular formula is C16H28F6N4OP2. The molecule has 4 heterocycles. The minimum absolute atomic E-state index is 1.20. The zero-order chi connectivity index (χ0) is 21.2. The van der Waals surface area contributed by atoms with Crippen molar-refractivity contribution in [2.75, 3.05) is 39.3 Å². The Hall–Kier alpha value is -0.600. The summed E-state index contributed by atoms with van der Waals surface area (Å²) in [6.07, 6.45) is 12.0. The number of rotatable bonds is 5. The smallest absolute Gasteiger partial charge is 0.203 e. The molecular weight excluding hydrogens is 440 g/mol. The van der Waals surface area contributed by atoms with Gasteiger partial charge in [0.1, 0.15) is 0 Å². The van der Waals surface area contributed by atoms with Gasteiger partial charge in [-0.2, -0.15) is 0 Å². The fourth-order valence-corrected chi connectivity index (χ4v) is 8.23. The van der Waals surface area contributed by atoms with Crippen molar-refractivity contribution >= 4 is 15.8 Å². The first-order valence-corrected chi connectivity index (χ1v) is 13.5. The second-order valence-corrected chi connectivity index (χ2v) is 12.4. The fourth-order valence-electron chi connectivity index (χ4n) is 4.07. The van der Waals surface area contributed by atoms with Crippen LogP contribution in [0.1, 0.15) is 38.5 Å². The molecule has 0 spiro atoms.